The minimum atomic E-state index is -0.248. The summed E-state index contributed by atoms with van der Waals surface area (Å²) in [6, 6.07) is 4.89. The third-order valence-electron chi connectivity index (χ3n) is 3.40. The number of benzene rings is 1. The molecular weight excluding hydrogens is 365 g/mol. The van der Waals surface area contributed by atoms with E-state index in [1.54, 1.807) is 18.2 Å². The Kier molecular flexibility index (Phi) is 10.9. The summed E-state index contributed by atoms with van der Waals surface area (Å²) in [5, 5.41) is 4.60. The Bertz CT molecular complexity index is 576. The van der Waals surface area contributed by atoms with Gasteiger partial charge in [0, 0.05) is 18.2 Å². The van der Waals surface area contributed by atoms with Crippen LogP contribution in [0.1, 0.15) is 55.8 Å². The third-order valence-corrected chi connectivity index (χ3v) is 4.92. The monoisotopic (exact) mass is 387 g/mol. The highest BCUT2D eigenvalue weighted by Crippen LogP contribution is 2.28. The summed E-state index contributed by atoms with van der Waals surface area (Å²) >= 11 is 12.8. The van der Waals surface area contributed by atoms with Gasteiger partial charge in [-0.25, -0.2) is 0 Å². The number of nitrogens with one attached hydrogen (secondary N) is 1. The fraction of sp³-hybridized carbons (Fsp3) is 0.444. The van der Waals surface area contributed by atoms with E-state index in [0.717, 1.165) is 24.6 Å². The van der Waals surface area contributed by atoms with E-state index in [1.807, 2.05) is 0 Å². The van der Waals surface area contributed by atoms with Crippen LogP contribution in [-0.4, -0.2) is 17.6 Å². The SMILES string of the molecule is CCCCCCCCNC(=O)C=CSC(=O)c1cccc(Cl)c1Cl. The predicted molar refractivity (Wildman–Crippen MR) is 104 cm³/mol. The molecule has 0 aliphatic carbocycles. The molecule has 0 saturated heterocycles. The van der Waals surface area contributed by atoms with Gasteiger partial charge in [-0.05, 0) is 24.0 Å². The largest absolute Gasteiger partial charge is 0.353 e. The van der Waals surface area contributed by atoms with Gasteiger partial charge in [0.05, 0.1) is 10.0 Å². The fourth-order valence-corrected chi connectivity index (χ4v) is 3.11. The first kappa shape index (κ1) is 21.1. The van der Waals surface area contributed by atoms with E-state index in [2.05, 4.69) is 12.2 Å². The van der Waals surface area contributed by atoms with Crippen molar-refractivity contribution >= 4 is 46.0 Å². The maximum absolute atomic E-state index is 12.0. The fourth-order valence-electron chi connectivity index (χ4n) is 2.06. The Morgan fingerprint density at radius 3 is 2.58 bits per heavy atom. The van der Waals surface area contributed by atoms with E-state index in [0.29, 0.717) is 17.1 Å². The molecule has 0 unspecified atom stereocenters. The molecule has 0 heterocycles. The van der Waals surface area contributed by atoms with Crippen molar-refractivity contribution < 1.29 is 9.59 Å². The van der Waals surface area contributed by atoms with Crippen molar-refractivity contribution in [2.45, 2.75) is 45.4 Å². The molecule has 0 atom stereocenters. The topological polar surface area (TPSA) is 46.2 Å². The second-order valence-electron chi connectivity index (χ2n) is 5.37. The van der Waals surface area contributed by atoms with Gasteiger partial charge in [-0.2, -0.15) is 0 Å². The number of amides is 1. The first-order valence-corrected chi connectivity index (χ1v) is 9.79. The zero-order valence-corrected chi connectivity index (χ0v) is 16.1. The quantitative estimate of drug-likeness (QED) is 0.404. The molecule has 0 saturated carbocycles. The van der Waals surface area contributed by atoms with Gasteiger partial charge in [0.15, 0.2) is 0 Å². The summed E-state index contributed by atoms with van der Waals surface area (Å²) < 4.78 is 0. The number of thioether (sulfide) groups is 1. The van der Waals surface area contributed by atoms with Crippen molar-refractivity contribution in [2.75, 3.05) is 6.54 Å². The molecule has 1 rings (SSSR count). The number of halogens is 2. The van der Waals surface area contributed by atoms with Crippen LogP contribution in [0.4, 0.5) is 0 Å². The molecule has 24 heavy (non-hydrogen) atoms. The van der Waals surface area contributed by atoms with Crippen molar-refractivity contribution in [3.8, 4) is 0 Å². The van der Waals surface area contributed by atoms with Crippen LogP contribution in [0.15, 0.2) is 29.7 Å². The predicted octanol–water partition coefficient (Wildman–Crippen LogP) is 5.86. The summed E-state index contributed by atoms with van der Waals surface area (Å²) in [7, 11) is 0. The van der Waals surface area contributed by atoms with E-state index >= 15 is 0 Å². The molecule has 1 aromatic carbocycles. The lowest BCUT2D eigenvalue weighted by Crippen LogP contribution is -2.21. The Hall–Kier alpha value is -0.970. The minimum Gasteiger partial charge on any atom is -0.353 e. The highest BCUT2D eigenvalue weighted by atomic mass is 35.5. The van der Waals surface area contributed by atoms with Gasteiger partial charge in [0.1, 0.15) is 0 Å². The Balaban J connectivity index is 2.25. The Labute approximate surface area is 158 Å². The highest BCUT2D eigenvalue weighted by Gasteiger charge is 2.12. The van der Waals surface area contributed by atoms with Gasteiger partial charge >= 0.3 is 0 Å². The molecule has 3 nitrogen and oxygen atoms in total. The highest BCUT2D eigenvalue weighted by molar-refractivity contribution is 8.16. The van der Waals surface area contributed by atoms with Crippen LogP contribution in [0.2, 0.25) is 10.0 Å². The van der Waals surface area contributed by atoms with E-state index in [9.17, 15) is 9.59 Å². The molecule has 132 valence electrons. The molecule has 0 aromatic heterocycles. The van der Waals surface area contributed by atoms with Gasteiger partial charge in [-0.3, -0.25) is 9.59 Å². The molecule has 0 spiro atoms. The van der Waals surface area contributed by atoms with Crippen LogP contribution in [0, 0.1) is 0 Å². The van der Waals surface area contributed by atoms with Gasteiger partial charge in [0.25, 0.3) is 0 Å². The number of hydrogen-bond donors (Lipinski definition) is 1. The summed E-state index contributed by atoms with van der Waals surface area (Å²) in [4.78, 5) is 23.7. The Morgan fingerprint density at radius 2 is 1.83 bits per heavy atom. The lowest BCUT2D eigenvalue weighted by molar-refractivity contribution is -0.116. The van der Waals surface area contributed by atoms with Crippen molar-refractivity contribution in [2.24, 2.45) is 0 Å². The summed E-state index contributed by atoms with van der Waals surface area (Å²) in [5.74, 6) is -0.193. The zero-order valence-electron chi connectivity index (χ0n) is 13.8. The maximum Gasteiger partial charge on any atom is 0.244 e. The van der Waals surface area contributed by atoms with E-state index in [-0.39, 0.29) is 16.0 Å². The first-order valence-electron chi connectivity index (χ1n) is 8.15. The number of carbonyl (C=O) groups excluding carboxylic acids is 2. The lowest BCUT2D eigenvalue weighted by Gasteiger charge is -2.03. The molecule has 0 bridgehead atoms. The number of rotatable bonds is 10. The second-order valence-corrected chi connectivity index (χ2v) is 7.03. The van der Waals surface area contributed by atoms with E-state index in [4.69, 9.17) is 23.2 Å². The Morgan fingerprint density at radius 1 is 1.12 bits per heavy atom. The lowest BCUT2D eigenvalue weighted by atomic mass is 10.1. The van der Waals surface area contributed by atoms with Gasteiger partial charge in [0.2, 0.25) is 11.0 Å². The summed E-state index contributed by atoms with van der Waals surface area (Å²) in [6.07, 6.45) is 8.45. The molecule has 6 heteroatoms. The van der Waals surface area contributed by atoms with Crippen LogP contribution in [0.3, 0.4) is 0 Å². The second kappa shape index (κ2) is 12.4. The molecule has 1 N–H and O–H groups in total. The molecule has 0 aliphatic rings. The molecule has 1 aromatic rings. The first-order chi connectivity index (χ1) is 11.6. The number of unbranched alkanes of at least 4 members (excludes halogenated alkanes) is 5. The summed E-state index contributed by atoms with van der Waals surface area (Å²) in [5.41, 5.74) is 0.339. The molecular formula is C18H23Cl2NO2S. The molecule has 0 radical (unpaired) electrons. The average Bonchev–Trinajstić information content (AvgIpc) is 2.56. The standard InChI is InChI=1S/C18H23Cl2NO2S/c1-2-3-4-5-6-7-12-21-16(22)11-13-24-18(23)14-9-8-10-15(19)17(14)20/h8-11,13H,2-7,12H2,1H3,(H,21,22). The molecule has 1 amide bonds. The van der Waals surface area contributed by atoms with E-state index < -0.39 is 0 Å². The van der Waals surface area contributed by atoms with Gasteiger partial charge in [-0.1, -0.05) is 80.1 Å². The minimum absolute atomic E-state index is 0.193. The molecule has 0 fully saturated rings. The van der Waals surface area contributed by atoms with Crippen LogP contribution in [0.5, 0.6) is 0 Å². The van der Waals surface area contributed by atoms with Crippen molar-refractivity contribution in [1.82, 2.24) is 5.32 Å². The zero-order chi connectivity index (χ0) is 17.8. The maximum atomic E-state index is 12.0. The smallest absolute Gasteiger partial charge is 0.244 e. The third kappa shape index (κ3) is 8.22. The van der Waals surface area contributed by atoms with Crippen LogP contribution in [-0.2, 0) is 4.79 Å². The van der Waals surface area contributed by atoms with Crippen molar-refractivity contribution in [3.05, 3.63) is 45.3 Å². The van der Waals surface area contributed by atoms with Crippen LogP contribution < -0.4 is 5.32 Å². The van der Waals surface area contributed by atoms with Crippen molar-refractivity contribution in [1.29, 1.82) is 0 Å². The average molecular weight is 388 g/mol. The van der Waals surface area contributed by atoms with Gasteiger partial charge < -0.3 is 5.32 Å². The normalized spacial score (nSPS) is 11.0. The number of hydrogen-bond acceptors (Lipinski definition) is 3. The molecule has 0 aliphatic heterocycles. The van der Waals surface area contributed by atoms with Crippen molar-refractivity contribution in [3.63, 3.8) is 0 Å². The van der Waals surface area contributed by atoms with Gasteiger partial charge in [-0.15, -0.1) is 0 Å². The number of carbonyl (C=O) groups is 2. The van der Waals surface area contributed by atoms with Crippen LogP contribution >= 0.6 is 35.0 Å². The summed E-state index contributed by atoms with van der Waals surface area (Å²) in [6.45, 7) is 2.85. The van der Waals surface area contributed by atoms with Crippen LogP contribution in [0.25, 0.3) is 0 Å². The van der Waals surface area contributed by atoms with E-state index in [1.165, 1.54) is 37.2 Å².